The highest BCUT2D eigenvalue weighted by Crippen LogP contribution is 2.25. The number of carbonyl (C=O) groups excluding carboxylic acids is 3. The third-order valence-electron chi connectivity index (χ3n) is 2.52. The maximum absolute atomic E-state index is 11.6. The van der Waals surface area contributed by atoms with E-state index in [1.54, 1.807) is 12.2 Å². The molecule has 1 aliphatic rings. The van der Waals surface area contributed by atoms with Crippen LogP contribution in [0.15, 0.2) is 12.2 Å². The Balaban J connectivity index is 2.80. The standard InChI is InChI=1S/C12H16O6/c1-7(13)17-9-4-5-11(18-8(2)14)10(6-9)12(15)16-3/h4-5,9-11H,6H2,1-3H3/t9-,10?,11-/m0/s1. The van der Waals surface area contributed by atoms with Crippen molar-refractivity contribution in [1.82, 2.24) is 0 Å². The lowest BCUT2D eigenvalue weighted by atomic mass is 9.89. The fourth-order valence-corrected chi connectivity index (χ4v) is 1.83. The van der Waals surface area contributed by atoms with Crippen molar-refractivity contribution in [2.75, 3.05) is 7.11 Å². The average Bonchev–Trinajstić information content (AvgIpc) is 2.28. The van der Waals surface area contributed by atoms with Gasteiger partial charge < -0.3 is 14.2 Å². The second-order valence-corrected chi connectivity index (χ2v) is 3.97. The monoisotopic (exact) mass is 256 g/mol. The molecule has 0 N–H and O–H groups in total. The average molecular weight is 256 g/mol. The molecule has 1 unspecified atom stereocenters. The fraction of sp³-hybridized carbons (Fsp3) is 0.583. The molecule has 0 radical (unpaired) electrons. The van der Waals surface area contributed by atoms with Crippen LogP contribution in [0.3, 0.4) is 0 Å². The summed E-state index contributed by atoms with van der Waals surface area (Å²) in [6, 6.07) is 0. The largest absolute Gasteiger partial charge is 0.469 e. The van der Waals surface area contributed by atoms with Crippen LogP contribution >= 0.6 is 0 Å². The van der Waals surface area contributed by atoms with Gasteiger partial charge in [-0.15, -0.1) is 0 Å². The molecule has 0 heterocycles. The normalized spacial score (nSPS) is 26.3. The van der Waals surface area contributed by atoms with E-state index in [2.05, 4.69) is 4.74 Å². The Kier molecular flexibility index (Phi) is 4.88. The van der Waals surface area contributed by atoms with E-state index in [-0.39, 0.29) is 6.42 Å². The van der Waals surface area contributed by atoms with Crippen molar-refractivity contribution < 1.29 is 28.6 Å². The molecule has 0 aliphatic heterocycles. The van der Waals surface area contributed by atoms with Crippen molar-refractivity contribution in [3.05, 3.63) is 12.2 Å². The van der Waals surface area contributed by atoms with Crippen LogP contribution < -0.4 is 0 Å². The fourth-order valence-electron chi connectivity index (χ4n) is 1.83. The minimum atomic E-state index is -0.679. The zero-order valence-electron chi connectivity index (χ0n) is 10.5. The van der Waals surface area contributed by atoms with E-state index >= 15 is 0 Å². The van der Waals surface area contributed by atoms with Gasteiger partial charge in [-0.1, -0.05) is 0 Å². The number of ether oxygens (including phenoxy) is 3. The van der Waals surface area contributed by atoms with Gasteiger partial charge in [-0.2, -0.15) is 0 Å². The minimum absolute atomic E-state index is 0.237. The van der Waals surface area contributed by atoms with Crippen LogP contribution in [-0.4, -0.2) is 37.2 Å². The van der Waals surface area contributed by atoms with Gasteiger partial charge in [0.2, 0.25) is 0 Å². The van der Waals surface area contributed by atoms with Gasteiger partial charge in [0.15, 0.2) is 0 Å². The molecule has 1 rings (SSSR count). The van der Waals surface area contributed by atoms with Gasteiger partial charge in [0.1, 0.15) is 18.1 Å². The molecule has 0 aromatic carbocycles. The van der Waals surface area contributed by atoms with Crippen LogP contribution in [0, 0.1) is 5.92 Å². The van der Waals surface area contributed by atoms with Gasteiger partial charge in [0.05, 0.1) is 7.11 Å². The first-order valence-electron chi connectivity index (χ1n) is 5.54. The molecule has 6 heteroatoms. The van der Waals surface area contributed by atoms with Crippen molar-refractivity contribution in [2.45, 2.75) is 32.5 Å². The number of hydrogen-bond donors (Lipinski definition) is 0. The molecular formula is C12H16O6. The van der Waals surface area contributed by atoms with Gasteiger partial charge in [-0.3, -0.25) is 14.4 Å². The van der Waals surface area contributed by atoms with E-state index in [0.29, 0.717) is 0 Å². The molecule has 0 bridgehead atoms. The molecule has 0 saturated heterocycles. The smallest absolute Gasteiger partial charge is 0.312 e. The molecule has 0 aromatic rings. The Morgan fingerprint density at radius 3 is 2.17 bits per heavy atom. The summed E-state index contributed by atoms with van der Waals surface area (Å²) in [6.07, 6.45) is 2.20. The van der Waals surface area contributed by atoms with Crippen molar-refractivity contribution in [3.63, 3.8) is 0 Å². The topological polar surface area (TPSA) is 78.9 Å². The van der Waals surface area contributed by atoms with Crippen LogP contribution in [0.2, 0.25) is 0 Å². The molecule has 0 fully saturated rings. The molecular weight excluding hydrogens is 240 g/mol. The summed E-state index contributed by atoms with van der Waals surface area (Å²) in [7, 11) is 1.26. The highest BCUT2D eigenvalue weighted by Gasteiger charge is 2.36. The quantitative estimate of drug-likeness (QED) is 0.418. The summed E-state index contributed by atoms with van der Waals surface area (Å²) in [5.74, 6) is -2.07. The molecule has 18 heavy (non-hydrogen) atoms. The lowest BCUT2D eigenvalue weighted by Gasteiger charge is -2.28. The van der Waals surface area contributed by atoms with Gasteiger partial charge in [0, 0.05) is 20.3 Å². The number of esters is 3. The minimum Gasteiger partial charge on any atom is -0.469 e. The van der Waals surface area contributed by atoms with Crippen LogP contribution in [0.5, 0.6) is 0 Å². The Bertz CT molecular complexity index is 373. The van der Waals surface area contributed by atoms with Crippen molar-refractivity contribution >= 4 is 17.9 Å². The first-order valence-corrected chi connectivity index (χ1v) is 5.54. The highest BCUT2D eigenvalue weighted by molar-refractivity contribution is 5.75. The third kappa shape index (κ3) is 3.87. The van der Waals surface area contributed by atoms with Gasteiger partial charge in [0.25, 0.3) is 0 Å². The third-order valence-corrected chi connectivity index (χ3v) is 2.52. The van der Waals surface area contributed by atoms with Crippen LogP contribution in [-0.2, 0) is 28.6 Å². The van der Waals surface area contributed by atoms with Gasteiger partial charge in [-0.05, 0) is 12.2 Å². The second-order valence-electron chi connectivity index (χ2n) is 3.97. The van der Waals surface area contributed by atoms with E-state index in [4.69, 9.17) is 9.47 Å². The maximum Gasteiger partial charge on any atom is 0.312 e. The number of carbonyl (C=O) groups is 3. The summed E-state index contributed by atoms with van der Waals surface area (Å²) in [5.41, 5.74) is 0. The zero-order chi connectivity index (χ0) is 13.7. The van der Waals surface area contributed by atoms with E-state index in [1.807, 2.05) is 0 Å². The zero-order valence-corrected chi connectivity index (χ0v) is 10.5. The summed E-state index contributed by atoms with van der Waals surface area (Å²) < 4.78 is 14.7. The Morgan fingerprint density at radius 2 is 1.67 bits per heavy atom. The Labute approximate surface area is 105 Å². The molecule has 6 nitrogen and oxygen atoms in total. The summed E-state index contributed by atoms with van der Waals surface area (Å²) in [6.45, 7) is 2.56. The van der Waals surface area contributed by atoms with Gasteiger partial charge >= 0.3 is 17.9 Å². The molecule has 1 aliphatic carbocycles. The maximum atomic E-state index is 11.6. The number of hydrogen-bond acceptors (Lipinski definition) is 6. The predicted octanol–water partition coefficient (Wildman–Crippen LogP) is 0.599. The van der Waals surface area contributed by atoms with Crippen LogP contribution in [0.1, 0.15) is 20.3 Å². The molecule has 0 aromatic heterocycles. The van der Waals surface area contributed by atoms with Crippen molar-refractivity contribution in [2.24, 2.45) is 5.92 Å². The molecule has 0 spiro atoms. The van der Waals surface area contributed by atoms with Crippen molar-refractivity contribution in [3.8, 4) is 0 Å². The SMILES string of the molecule is COC(=O)C1C[C@@H](OC(C)=O)C=C[C@@H]1OC(C)=O. The molecule has 100 valence electrons. The number of methoxy groups -OCH3 is 1. The van der Waals surface area contributed by atoms with Crippen LogP contribution in [0.25, 0.3) is 0 Å². The van der Waals surface area contributed by atoms with Crippen molar-refractivity contribution in [1.29, 1.82) is 0 Å². The van der Waals surface area contributed by atoms with E-state index in [0.717, 1.165) is 0 Å². The molecule has 3 atom stereocenters. The lowest BCUT2D eigenvalue weighted by Crippen LogP contribution is -2.38. The highest BCUT2D eigenvalue weighted by atomic mass is 16.6. The summed E-state index contributed by atoms with van der Waals surface area (Å²) >= 11 is 0. The molecule has 0 amide bonds. The molecule has 0 saturated carbocycles. The second kappa shape index (κ2) is 6.18. The Morgan fingerprint density at radius 1 is 1.06 bits per heavy atom. The number of rotatable bonds is 3. The first kappa shape index (κ1) is 14.2. The van der Waals surface area contributed by atoms with E-state index < -0.39 is 36.0 Å². The lowest BCUT2D eigenvalue weighted by molar-refractivity contribution is -0.161. The summed E-state index contributed by atoms with van der Waals surface area (Å²) in [4.78, 5) is 33.4. The van der Waals surface area contributed by atoms with Crippen LogP contribution in [0.4, 0.5) is 0 Å². The predicted molar refractivity (Wildman–Crippen MR) is 60.4 cm³/mol. The van der Waals surface area contributed by atoms with E-state index in [1.165, 1.54) is 21.0 Å². The summed E-state index contributed by atoms with van der Waals surface area (Å²) in [5, 5.41) is 0. The van der Waals surface area contributed by atoms with Gasteiger partial charge in [-0.25, -0.2) is 0 Å². The Hall–Kier alpha value is -1.85. The van der Waals surface area contributed by atoms with E-state index in [9.17, 15) is 14.4 Å². The first-order chi connectivity index (χ1) is 8.43.